The average Bonchev–Trinajstić information content (AvgIpc) is 3.80. The molecule has 2 nitrogen and oxygen atoms in total. The smallest absolute Gasteiger partial charge is 0.143 e. The molecule has 12 rings (SSSR count). The first kappa shape index (κ1) is 38.9. The van der Waals surface area contributed by atoms with Gasteiger partial charge in [-0.2, -0.15) is 0 Å². The van der Waals surface area contributed by atoms with Crippen LogP contribution in [0, 0.1) is 0 Å². The van der Waals surface area contributed by atoms with Gasteiger partial charge in [-0.15, -0.1) is 0 Å². The van der Waals surface area contributed by atoms with Crippen molar-refractivity contribution in [2.24, 2.45) is 0 Å². The van der Waals surface area contributed by atoms with Gasteiger partial charge in [0.05, 0.1) is 0 Å². The lowest BCUT2D eigenvalue weighted by Gasteiger charge is -2.26. The molecular formula is C64H43NO. The second-order valence-electron chi connectivity index (χ2n) is 16.8. The van der Waals surface area contributed by atoms with Crippen LogP contribution in [0.25, 0.3) is 99.5 Å². The topological polar surface area (TPSA) is 16.4 Å². The Morgan fingerprint density at radius 2 is 0.742 bits per heavy atom. The van der Waals surface area contributed by atoms with Crippen molar-refractivity contribution in [2.75, 3.05) is 4.90 Å². The highest BCUT2D eigenvalue weighted by molar-refractivity contribution is 6.09. The number of nitrogens with zero attached hydrogens (tertiary/aromatic N) is 1. The fourth-order valence-electron chi connectivity index (χ4n) is 9.72. The third kappa shape index (κ3) is 7.12. The molecule has 11 aromatic carbocycles. The second kappa shape index (κ2) is 16.8. The molecule has 0 fully saturated rings. The number of rotatable bonds is 9. The van der Waals surface area contributed by atoms with Crippen LogP contribution in [0.3, 0.4) is 0 Å². The molecule has 0 bridgehead atoms. The van der Waals surface area contributed by atoms with Gasteiger partial charge in [-0.3, -0.25) is 0 Å². The number of furan rings is 1. The third-order valence-corrected chi connectivity index (χ3v) is 12.9. The Morgan fingerprint density at radius 1 is 0.258 bits per heavy atom. The summed E-state index contributed by atoms with van der Waals surface area (Å²) in [7, 11) is 0. The lowest BCUT2D eigenvalue weighted by atomic mass is 9.89. The molecule has 0 saturated heterocycles. The monoisotopic (exact) mass is 841 g/mol. The van der Waals surface area contributed by atoms with E-state index in [0.717, 1.165) is 67.2 Å². The average molecular weight is 842 g/mol. The Balaban J connectivity index is 0.935. The molecule has 1 aromatic heterocycles. The van der Waals surface area contributed by atoms with Crippen LogP contribution >= 0.6 is 0 Å². The molecule has 1 heterocycles. The predicted molar refractivity (Wildman–Crippen MR) is 279 cm³/mol. The highest BCUT2D eigenvalue weighted by atomic mass is 16.3. The van der Waals surface area contributed by atoms with Crippen LogP contribution in [-0.2, 0) is 0 Å². The van der Waals surface area contributed by atoms with E-state index in [9.17, 15) is 0 Å². The molecule has 0 aliphatic rings. The van der Waals surface area contributed by atoms with Gasteiger partial charge < -0.3 is 9.32 Å². The van der Waals surface area contributed by atoms with Crippen molar-refractivity contribution in [1.82, 2.24) is 0 Å². The first-order valence-corrected chi connectivity index (χ1v) is 22.6. The Labute approximate surface area is 384 Å². The first-order chi connectivity index (χ1) is 32.7. The van der Waals surface area contributed by atoms with Gasteiger partial charge in [-0.1, -0.05) is 212 Å². The molecule has 0 N–H and O–H groups in total. The van der Waals surface area contributed by atoms with Gasteiger partial charge in [-0.05, 0) is 120 Å². The first-order valence-electron chi connectivity index (χ1n) is 22.6. The lowest BCUT2D eigenvalue weighted by molar-refractivity contribution is 0.632. The Bertz CT molecular complexity index is 3680. The minimum atomic E-state index is 0.877. The van der Waals surface area contributed by atoms with Crippen molar-refractivity contribution in [1.29, 1.82) is 0 Å². The van der Waals surface area contributed by atoms with Crippen LogP contribution in [0.1, 0.15) is 0 Å². The van der Waals surface area contributed by atoms with Crippen molar-refractivity contribution < 1.29 is 4.42 Å². The second-order valence-corrected chi connectivity index (χ2v) is 16.8. The van der Waals surface area contributed by atoms with Crippen LogP contribution in [0.2, 0.25) is 0 Å². The third-order valence-electron chi connectivity index (χ3n) is 12.9. The van der Waals surface area contributed by atoms with Crippen molar-refractivity contribution in [3.05, 3.63) is 261 Å². The molecule has 2 heteroatoms. The Morgan fingerprint density at radius 3 is 1.44 bits per heavy atom. The van der Waals surface area contributed by atoms with E-state index >= 15 is 0 Å². The fraction of sp³-hybridized carbons (Fsp3) is 0. The van der Waals surface area contributed by atoms with E-state index in [-0.39, 0.29) is 0 Å². The largest absolute Gasteiger partial charge is 0.455 e. The van der Waals surface area contributed by atoms with E-state index in [1.807, 2.05) is 6.07 Å². The van der Waals surface area contributed by atoms with Gasteiger partial charge in [0.15, 0.2) is 0 Å². The maximum atomic E-state index is 6.62. The molecular weight excluding hydrogens is 799 g/mol. The van der Waals surface area contributed by atoms with Crippen LogP contribution < -0.4 is 4.90 Å². The molecule has 0 aliphatic heterocycles. The van der Waals surface area contributed by atoms with E-state index in [1.54, 1.807) is 0 Å². The molecule has 0 aliphatic carbocycles. The maximum Gasteiger partial charge on any atom is 0.143 e. The number of hydrogen-bond donors (Lipinski definition) is 0. The van der Waals surface area contributed by atoms with E-state index in [0.29, 0.717) is 0 Å². The summed E-state index contributed by atoms with van der Waals surface area (Å²) in [4.78, 5) is 2.37. The quantitative estimate of drug-likeness (QED) is 0.135. The molecule has 0 atom stereocenters. The highest BCUT2D eigenvalue weighted by Crippen LogP contribution is 2.44. The minimum Gasteiger partial charge on any atom is -0.455 e. The van der Waals surface area contributed by atoms with Gasteiger partial charge in [-0.25, -0.2) is 0 Å². The van der Waals surface area contributed by atoms with Gasteiger partial charge in [0.25, 0.3) is 0 Å². The molecule has 0 radical (unpaired) electrons. The number of benzene rings is 11. The summed E-state index contributed by atoms with van der Waals surface area (Å²) in [6.45, 7) is 0. The van der Waals surface area contributed by atoms with Crippen molar-refractivity contribution in [2.45, 2.75) is 0 Å². The number of fused-ring (bicyclic) bond motifs is 4. The van der Waals surface area contributed by atoms with Gasteiger partial charge in [0, 0.05) is 33.6 Å². The molecule has 0 saturated carbocycles. The van der Waals surface area contributed by atoms with E-state index < -0.39 is 0 Å². The van der Waals surface area contributed by atoms with Gasteiger partial charge in [0.1, 0.15) is 11.3 Å². The zero-order valence-electron chi connectivity index (χ0n) is 36.2. The van der Waals surface area contributed by atoms with Crippen LogP contribution in [0.4, 0.5) is 17.1 Å². The molecule has 310 valence electrons. The number of anilines is 3. The standard InChI is InChI=1S/C64H43NO/c1-3-16-45(17-4-1)56-24-9-11-26-59(56)60-27-12-10-25-57(60)47-34-38-53(39-35-47)65(54-40-41-58-50(43-54)31-30-46-18-7-8-23-55(46)58)52-36-32-44(33-37-52)49-21-15-22-51(42-49)64-63(48-19-5-2-6-20-48)61-28-13-14-29-62(61)66-64/h1-43H. The Kier molecular flexibility index (Phi) is 9.89. The lowest BCUT2D eigenvalue weighted by Crippen LogP contribution is -2.09. The van der Waals surface area contributed by atoms with E-state index in [2.05, 4.69) is 260 Å². The fourth-order valence-corrected chi connectivity index (χ4v) is 9.72. The van der Waals surface area contributed by atoms with Crippen molar-refractivity contribution >= 4 is 49.6 Å². The normalized spacial score (nSPS) is 11.3. The van der Waals surface area contributed by atoms with Gasteiger partial charge >= 0.3 is 0 Å². The molecule has 0 spiro atoms. The summed E-state index contributed by atoms with van der Waals surface area (Å²) < 4.78 is 6.62. The van der Waals surface area contributed by atoms with E-state index in [1.165, 1.54) is 49.4 Å². The molecule has 0 unspecified atom stereocenters. The maximum absolute atomic E-state index is 6.62. The zero-order valence-corrected chi connectivity index (χ0v) is 36.2. The zero-order chi connectivity index (χ0) is 43.8. The van der Waals surface area contributed by atoms with E-state index in [4.69, 9.17) is 4.42 Å². The predicted octanol–water partition coefficient (Wildman–Crippen LogP) is 18.2. The molecule has 0 amide bonds. The van der Waals surface area contributed by atoms with Crippen LogP contribution in [0.15, 0.2) is 265 Å². The summed E-state index contributed by atoms with van der Waals surface area (Å²) in [5.41, 5.74) is 16.9. The summed E-state index contributed by atoms with van der Waals surface area (Å²) in [5.74, 6) is 0.877. The molecule has 12 aromatic rings. The number of hydrogen-bond acceptors (Lipinski definition) is 2. The summed E-state index contributed by atoms with van der Waals surface area (Å²) >= 11 is 0. The minimum absolute atomic E-state index is 0.877. The number of para-hydroxylation sites is 1. The highest BCUT2D eigenvalue weighted by Gasteiger charge is 2.20. The van der Waals surface area contributed by atoms with Crippen molar-refractivity contribution in [3.63, 3.8) is 0 Å². The summed E-state index contributed by atoms with van der Waals surface area (Å²) in [5, 5.41) is 6.06. The van der Waals surface area contributed by atoms with Crippen LogP contribution in [-0.4, -0.2) is 0 Å². The van der Waals surface area contributed by atoms with Crippen molar-refractivity contribution in [3.8, 4) is 67.0 Å². The van der Waals surface area contributed by atoms with Crippen LogP contribution in [0.5, 0.6) is 0 Å². The summed E-state index contributed by atoms with van der Waals surface area (Å²) in [6.07, 6.45) is 0. The molecule has 66 heavy (non-hydrogen) atoms. The Hall–Kier alpha value is -8.72. The SMILES string of the molecule is c1ccc(-c2ccccc2-c2ccccc2-c2ccc(N(c3ccc(-c4cccc(-c5oc6ccccc6c5-c5ccccc5)c4)cc3)c3ccc4c(ccc5ccccc54)c3)cc2)cc1. The van der Waals surface area contributed by atoms with Gasteiger partial charge in [0.2, 0.25) is 0 Å². The summed E-state index contributed by atoms with van der Waals surface area (Å²) in [6, 6.07) is 93.7.